The largest absolute Gasteiger partial charge is 0.418 e. The van der Waals surface area contributed by atoms with Gasteiger partial charge in [0.1, 0.15) is 5.82 Å². The first-order valence-electron chi connectivity index (χ1n) is 10.8. The molecule has 8 heteroatoms. The van der Waals surface area contributed by atoms with Crippen LogP contribution in [-0.2, 0) is 17.3 Å². The van der Waals surface area contributed by atoms with Crippen molar-refractivity contribution < 1.29 is 17.9 Å². The maximum absolute atomic E-state index is 13.4. The molecular formula is C22H25F3N4O. The molecule has 5 nitrogen and oxygen atoms in total. The smallest absolute Gasteiger partial charge is 0.378 e. The summed E-state index contributed by atoms with van der Waals surface area (Å²) < 4.78 is 47.7. The number of nitrogens with zero attached hydrogens (tertiary/aromatic N) is 4. The fourth-order valence-electron chi connectivity index (χ4n) is 5.19. The first-order valence-corrected chi connectivity index (χ1v) is 10.8. The molecule has 0 unspecified atom stereocenters. The minimum Gasteiger partial charge on any atom is -0.378 e. The zero-order valence-corrected chi connectivity index (χ0v) is 16.9. The molecule has 2 aliphatic carbocycles. The number of hydrogen-bond donors (Lipinski definition) is 0. The Bertz CT molecular complexity index is 967. The Hall–Kier alpha value is -1.93. The van der Waals surface area contributed by atoms with Gasteiger partial charge in [-0.15, -0.1) is 0 Å². The van der Waals surface area contributed by atoms with Gasteiger partial charge < -0.3 is 9.30 Å². The summed E-state index contributed by atoms with van der Waals surface area (Å²) in [5.41, 5.74) is 0.376. The number of alkyl halides is 3. The van der Waals surface area contributed by atoms with Gasteiger partial charge in [0, 0.05) is 49.2 Å². The highest BCUT2D eigenvalue weighted by molar-refractivity contribution is 5.59. The predicted molar refractivity (Wildman–Crippen MR) is 104 cm³/mol. The molecule has 2 saturated heterocycles. The Kier molecular flexibility index (Phi) is 4.10. The topological polar surface area (TPSA) is 43.2 Å². The van der Waals surface area contributed by atoms with E-state index in [0.717, 1.165) is 38.5 Å². The number of pyridine rings is 1. The average molecular weight is 418 g/mol. The Morgan fingerprint density at radius 3 is 2.50 bits per heavy atom. The Labute approximate surface area is 173 Å². The number of rotatable bonds is 5. The molecule has 4 fully saturated rings. The second-order valence-corrected chi connectivity index (χ2v) is 9.42. The van der Waals surface area contributed by atoms with E-state index < -0.39 is 11.7 Å². The third-order valence-electron chi connectivity index (χ3n) is 7.30. The van der Waals surface area contributed by atoms with Gasteiger partial charge in [0.05, 0.1) is 30.5 Å². The number of likely N-dealkylation sites (tertiary alicyclic amines) is 1. The maximum atomic E-state index is 13.4. The van der Waals surface area contributed by atoms with Gasteiger partial charge in [-0.2, -0.15) is 13.2 Å². The number of aromatic nitrogens is 3. The minimum atomic E-state index is -4.41. The van der Waals surface area contributed by atoms with Crippen LogP contribution in [0.4, 0.5) is 13.2 Å². The molecule has 2 aromatic rings. The molecule has 2 aromatic heterocycles. The number of aryl methyl sites for hydroxylation is 1. The Morgan fingerprint density at radius 1 is 1.17 bits per heavy atom. The highest BCUT2D eigenvalue weighted by atomic mass is 19.4. The van der Waals surface area contributed by atoms with Crippen molar-refractivity contribution in [3.8, 4) is 11.3 Å². The number of piperidine rings is 1. The molecule has 30 heavy (non-hydrogen) atoms. The number of ether oxygens (including phenoxy) is 1. The molecule has 0 spiro atoms. The van der Waals surface area contributed by atoms with Gasteiger partial charge in [0.15, 0.2) is 0 Å². The van der Waals surface area contributed by atoms with E-state index in [9.17, 15) is 13.2 Å². The highest BCUT2D eigenvalue weighted by Crippen LogP contribution is 2.56. The molecule has 6 rings (SSSR count). The van der Waals surface area contributed by atoms with E-state index in [0.29, 0.717) is 41.1 Å². The van der Waals surface area contributed by atoms with Crippen LogP contribution in [0.25, 0.3) is 11.3 Å². The van der Waals surface area contributed by atoms with E-state index in [-0.39, 0.29) is 5.69 Å². The van der Waals surface area contributed by atoms with E-state index in [1.165, 1.54) is 32.0 Å². The number of halogens is 3. The summed E-state index contributed by atoms with van der Waals surface area (Å²) in [5, 5.41) is 0. The van der Waals surface area contributed by atoms with Crippen molar-refractivity contribution in [3.05, 3.63) is 35.5 Å². The Balaban J connectivity index is 1.29. The van der Waals surface area contributed by atoms with E-state index in [2.05, 4.69) is 14.5 Å². The van der Waals surface area contributed by atoms with Crippen LogP contribution in [0, 0.1) is 24.7 Å². The first kappa shape index (κ1) is 18.8. The molecular weight excluding hydrogens is 393 g/mol. The van der Waals surface area contributed by atoms with Crippen LogP contribution in [0.5, 0.6) is 0 Å². The van der Waals surface area contributed by atoms with Crippen molar-refractivity contribution in [2.24, 2.45) is 17.8 Å². The lowest BCUT2D eigenvalue weighted by molar-refractivity contribution is -0.138. The molecule has 4 aliphatic rings. The first-order chi connectivity index (χ1) is 14.4. The summed E-state index contributed by atoms with van der Waals surface area (Å²) >= 11 is 0. The van der Waals surface area contributed by atoms with Crippen molar-refractivity contribution in [1.29, 1.82) is 0 Å². The van der Waals surface area contributed by atoms with Gasteiger partial charge >= 0.3 is 6.18 Å². The zero-order chi connectivity index (χ0) is 20.6. The number of imidazole rings is 1. The number of fused-ring (bicyclic) bond motifs is 1. The lowest BCUT2D eigenvalue weighted by Crippen LogP contribution is -2.49. The van der Waals surface area contributed by atoms with Crippen LogP contribution in [0.15, 0.2) is 18.5 Å². The summed E-state index contributed by atoms with van der Waals surface area (Å²) in [6.07, 6.45) is 2.45. The number of hydrogen-bond acceptors (Lipinski definition) is 4. The summed E-state index contributed by atoms with van der Waals surface area (Å²) in [4.78, 5) is 11.3. The molecule has 160 valence electrons. The van der Waals surface area contributed by atoms with Crippen molar-refractivity contribution in [3.63, 3.8) is 0 Å². The van der Waals surface area contributed by atoms with Crippen LogP contribution in [0.3, 0.4) is 0 Å². The molecule has 4 heterocycles. The fraction of sp³-hybridized carbons (Fsp3) is 0.636. The molecule has 0 N–H and O–H groups in total. The van der Waals surface area contributed by atoms with Crippen molar-refractivity contribution in [2.75, 3.05) is 26.3 Å². The zero-order valence-electron chi connectivity index (χ0n) is 16.9. The van der Waals surface area contributed by atoms with Crippen molar-refractivity contribution in [1.82, 2.24) is 19.4 Å². The van der Waals surface area contributed by atoms with Gasteiger partial charge in [-0.25, -0.2) is 4.98 Å². The summed E-state index contributed by atoms with van der Waals surface area (Å²) in [7, 11) is 0. The molecule has 0 radical (unpaired) electrons. The minimum absolute atomic E-state index is 0.000627. The quantitative estimate of drug-likeness (QED) is 0.742. The van der Waals surface area contributed by atoms with E-state index >= 15 is 0 Å². The van der Waals surface area contributed by atoms with Gasteiger partial charge in [-0.3, -0.25) is 9.88 Å². The van der Waals surface area contributed by atoms with Gasteiger partial charge in [-0.05, 0) is 43.6 Å². The second-order valence-electron chi connectivity index (χ2n) is 9.42. The normalized spacial score (nSPS) is 29.1. The third-order valence-corrected chi connectivity index (χ3v) is 7.30. The fourth-order valence-corrected chi connectivity index (χ4v) is 5.19. The highest BCUT2D eigenvalue weighted by Gasteiger charge is 2.58. The van der Waals surface area contributed by atoms with Crippen molar-refractivity contribution in [2.45, 2.75) is 44.4 Å². The van der Waals surface area contributed by atoms with Crippen molar-refractivity contribution >= 4 is 0 Å². The molecule has 0 aromatic carbocycles. The van der Waals surface area contributed by atoms with E-state index in [1.54, 1.807) is 0 Å². The molecule has 3 atom stereocenters. The van der Waals surface area contributed by atoms with Crippen LogP contribution >= 0.6 is 0 Å². The summed E-state index contributed by atoms with van der Waals surface area (Å²) in [6, 6.07) is 2.20. The molecule has 2 saturated carbocycles. The SMILES string of the molecule is Cc1ncc(-c2cn([C@H]3[C@@H]4CN(C5COC5)C[C@@H]43)c(CC3CC3)n2)cc1C(F)(F)F. The molecule has 2 aliphatic heterocycles. The van der Waals surface area contributed by atoms with E-state index in [4.69, 9.17) is 9.72 Å². The molecule has 0 amide bonds. The molecule has 0 bridgehead atoms. The lowest BCUT2D eigenvalue weighted by Gasteiger charge is -2.36. The summed E-state index contributed by atoms with van der Waals surface area (Å²) in [5.74, 6) is 2.93. The average Bonchev–Trinajstić information content (AvgIpc) is 3.48. The standard InChI is InChI=1S/C22H25F3N4O/c1-12-18(22(23,24)25)5-14(6-26-12)19-9-29(20(27-19)4-13-2-3-13)21-16-7-28(8-17(16)21)15-10-30-11-15/h5-6,9,13,15-17,21H,2-4,7-8,10-11H2,1H3/t16-,17+,21+. The second kappa shape index (κ2) is 6.53. The lowest BCUT2D eigenvalue weighted by atomic mass is 10.1. The Morgan fingerprint density at radius 2 is 1.90 bits per heavy atom. The maximum Gasteiger partial charge on any atom is 0.418 e. The van der Waals surface area contributed by atoms with Crippen LogP contribution in [-0.4, -0.2) is 51.8 Å². The van der Waals surface area contributed by atoms with Gasteiger partial charge in [0.2, 0.25) is 0 Å². The van der Waals surface area contributed by atoms with Crippen LogP contribution in [0.1, 0.15) is 36.0 Å². The van der Waals surface area contributed by atoms with Crippen LogP contribution in [0.2, 0.25) is 0 Å². The monoisotopic (exact) mass is 418 g/mol. The van der Waals surface area contributed by atoms with Crippen LogP contribution < -0.4 is 0 Å². The van der Waals surface area contributed by atoms with E-state index in [1.807, 2.05) is 6.20 Å². The van der Waals surface area contributed by atoms with Gasteiger partial charge in [-0.1, -0.05) is 0 Å². The third kappa shape index (κ3) is 3.15. The van der Waals surface area contributed by atoms with Gasteiger partial charge in [0.25, 0.3) is 0 Å². The summed E-state index contributed by atoms with van der Waals surface area (Å²) in [6.45, 7) is 5.25. The predicted octanol–water partition coefficient (Wildman–Crippen LogP) is 3.73.